The molecular weight excluding hydrogens is 248 g/mol. The molecule has 0 heterocycles. The maximum Gasteiger partial charge on any atom is 0.166 e. The van der Waals surface area contributed by atoms with E-state index in [0.29, 0.717) is 0 Å². The number of benzene rings is 2. The van der Waals surface area contributed by atoms with Gasteiger partial charge in [-0.25, -0.2) is 9.98 Å². The summed E-state index contributed by atoms with van der Waals surface area (Å²) in [5.74, 6) is 0.434. The summed E-state index contributed by atoms with van der Waals surface area (Å²) in [5, 5.41) is 0. The topological polar surface area (TPSA) is 76.8 Å². The van der Waals surface area contributed by atoms with E-state index in [1.165, 1.54) is 11.1 Å². The molecule has 0 aliphatic carbocycles. The van der Waals surface area contributed by atoms with E-state index in [1.54, 1.807) is 0 Å². The number of amidine groups is 2. The van der Waals surface area contributed by atoms with Crippen molar-refractivity contribution in [2.75, 3.05) is 0 Å². The Hall–Kier alpha value is -2.62. The van der Waals surface area contributed by atoms with Crippen molar-refractivity contribution in [1.82, 2.24) is 0 Å². The maximum absolute atomic E-state index is 5.86. The molecule has 4 heteroatoms. The smallest absolute Gasteiger partial charge is 0.166 e. The molecule has 0 saturated heterocycles. The predicted molar refractivity (Wildman–Crippen MR) is 84.9 cm³/mol. The average Bonchev–Trinajstić information content (AvgIpc) is 2.44. The first-order chi connectivity index (χ1) is 9.54. The van der Waals surface area contributed by atoms with Gasteiger partial charge < -0.3 is 11.5 Å². The lowest BCUT2D eigenvalue weighted by Gasteiger charge is -2.02. The van der Waals surface area contributed by atoms with Crippen LogP contribution in [-0.2, 0) is 0 Å². The molecule has 2 rings (SSSR count). The fraction of sp³-hybridized carbons (Fsp3) is 0.125. The number of nitrogens with two attached hydrogens (primary N) is 2. The van der Waals surface area contributed by atoms with Crippen LogP contribution in [0, 0.1) is 13.8 Å². The second kappa shape index (κ2) is 6.02. The minimum absolute atomic E-state index is 0.217. The van der Waals surface area contributed by atoms with E-state index in [4.69, 9.17) is 11.5 Å². The summed E-state index contributed by atoms with van der Waals surface area (Å²) in [4.78, 5) is 8.50. The van der Waals surface area contributed by atoms with Gasteiger partial charge in [-0.05, 0) is 38.1 Å². The van der Waals surface area contributed by atoms with Crippen LogP contribution >= 0.6 is 0 Å². The van der Waals surface area contributed by atoms with Gasteiger partial charge in [0.2, 0.25) is 0 Å². The van der Waals surface area contributed by atoms with Gasteiger partial charge in [-0.1, -0.05) is 35.4 Å². The van der Waals surface area contributed by atoms with Crippen molar-refractivity contribution in [1.29, 1.82) is 0 Å². The lowest BCUT2D eigenvalue weighted by molar-refractivity contribution is 1.40. The van der Waals surface area contributed by atoms with Crippen LogP contribution in [0.2, 0.25) is 0 Å². The lowest BCUT2D eigenvalue weighted by Crippen LogP contribution is -2.30. The molecule has 0 aliphatic heterocycles. The van der Waals surface area contributed by atoms with Crippen LogP contribution in [0.25, 0.3) is 0 Å². The molecule has 0 spiro atoms. The Labute approximate surface area is 118 Å². The third-order valence-corrected chi connectivity index (χ3v) is 2.83. The number of aryl methyl sites for hydroxylation is 2. The average molecular weight is 266 g/mol. The molecule has 0 unspecified atom stereocenters. The second-order valence-electron chi connectivity index (χ2n) is 4.67. The van der Waals surface area contributed by atoms with E-state index in [-0.39, 0.29) is 11.7 Å². The monoisotopic (exact) mass is 266 g/mol. The zero-order valence-corrected chi connectivity index (χ0v) is 11.7. The van der Waals surface area contributed by atoms with Crippen LogP contribution < -0.4 is 11.5 Å². The highest BCUT2D eigenvalue weighted by Crippen LogP contribution is 2.14. The molecule has 20 heavy (non-hydrogen) atoms. The number of hydrogen-bond acceptors (Lipinski definition) is 2. The van der Waals surface area contributed by atoms with Gasteiger partial charge in [-0.3, -0.25) is 0 Å². The largest absolute Gasteiger partial charge is 0.381 e. The normalized spacial score (nSPS) is 12.5. The third kappa shape index (κ3) is 3.68. The van der Waals surface area contributed by atoms with Crippen molar-refractivity contribution in [3.05, 3.63) is 59.7 Å². The first-order valence-electron chi connectivity index (χ1n) is 6.36. The fourth-order valence-electron chi connectivity index (χ4n) is 1.63. The SMILES string of the molecule is Cc1ccc(N=C(N)C(N)=Nc2ccc(C)cc2)cc1. The zero-order chi connectivity index (χ0) is 14.5. The van der Waals surface area contributed by atoms with Gasteiger partial charge in [-0.15, -0.1) is 0 Å². The molecule has 0 fully saturated rings. The van der Waals surface area contributed by atoms with Crippen molar-refractivity contribution in [2.24, 2.45) is 21.5 Å². The molecule has 0 aliphatic rings. The molecule has 102 valence electrons. The van der Waals surface area contributed by atoms with Gasteiger partial charge in [0.05, 0.1) is 11.4 Å². The summed E-state index contributed by atoms with van der Waals surface area (Å²) in [6, 6.07) is 15.4. The van der Waals surface area contributed by atoms with E-state index < -0.39 is 0 Å². The molecule has 4 nitrogen and oxygen atoms in total. The molecule has 4 N–H and O–H groups in total. The lowest BCUT2D eigenvalue weighted by atomic mass is 10.2. The molecule has 0 amide bonds. The summed E-state index contributed by atoms with van der Waals surface area (Å²) in [6.45, 7) is 4.04. The summed E-state index contributed by atoms with van der Waals surface area (Å²) in [5.41, 5.74) is 15.6. The predicted octanol–water partition coefficient (Wildman–Crippen LogP) is 2.98. The van der Waals surface area contributed by atoms with Crippen molar-refractivity contribution < 1.29 is 0 Å². The summed E-state index contributed by atoms with van der Waals surface area (Å²) in [6.07, 6.45) is 0. The standard InChI is InChI=1S/C16H18N4/c1-11-3-7-13(8-4-11)19-15(17)16(18)20-14-9-5-12(2)6-10-14/h3-10H,1-2H3,(H2,17,19)(H2,18,20). The van der Waals surface area contributed by atoms with E-state index in [9.17, 15) is 0 Å². The fourth-order valence-corrected chi connectivity index (χ4v) is 1.63. The Bertz CT molecular complexity index is 578. The highest BCUT2D eigenvalue weighted by atomic mass is 15.0. The van der Waals surface area contributed by atoms with Crippen molar-refractivity contribution in [3.63, 3.8) is 0 Å². The summed E-state index contributed by atoms with van der Waals surface area (Å²) < 4.78 is 0. The van der Waals surface area contributed by atoms with Crippen LogP contribution in [0.1, 0.15) is 11.1 Å². The minimum Gasteiger partial charge on any atom is -0.381 e. The van der Waals surface area contributed by atoms with E-state index in [0.717, 1.165) is 11.4 Å². The Morgan fingerprint density at radius 1 is 0.650 bits per heavy atom. The van der Waals surface area contributed by atoms with Crippen molar-refractivity contribution in [2.45, 2.75) is 13.8 Å². The Kier molecular flexibility index (Phi) is 4.15. The van der Waals surface area contributed by atoms with E-state index in [2.05, 4.69) is 9.98 Å². The molecular formula is C16H18N4. The highest BCUT2D eigenvalue weighted by Gasteiger charge is 2.00. The Balaban J connectivity index is 2.21. The van der Waals surface area contributed by atoms with E-state index >= 15 is 0 Å². The second-order valence-corrected chi connectivity index (χ2v) is 4.67. The minimum atomic E-state index is 0.217. The molecule has 0 saturated carbocycles. The number of hydrogen-bond donors (Lipinski definition) is 2. The first-order valence-corrected chi connectivity index (χ1v) is 6.36. The van der Waals surface area contributed by atoms with E-state index in [1.807, 2.05) is 62.4 Å². The highest BCUT2D eigenvalue weighted by molar-refractivity contribution is 6.40. The molecule has 2 aromatic rings. The number of aliphatic imine (C=N–C) groups is 2. The molecule has 0 aromatic heterocycles. The van der Waals surface area contributed by atoms with Gasteiger partial charge in [0, 0.05) is 0 Å². The van der Waals surface area contributed by atoms with Gasteiger partial charge in [0.1, 0.15) is 0 Å². The Morgan fingerprint density at radius 3 is 1.25 bits per heavy atom. The zero-order valence-electron chi connectivity index (χ0n) is 11.7. The van der Waals surface area contributed by atoms with Crippen LogP contribution in [-0.4, -0.2) is 11.7 Å². The number of nitrogens with zero attached hydrogens (tertiary/aromatic N) is 2. The first kappa shape index (κ1) is 13.8. The number of rotatable bonds is 2. The molecule has 0 atom stereocenters. The van der Waals surface area contributed by atoms with Crippen molar-refractivity contribution in [3.8, 4) is 0 Å². The quantitative estimate of drug-likeness (QED) is 0.647. The maximum atomic E-state index is 5.86. The van der Waals surface area contributed by atoms with Crippen LogP contribution in [0.3, 0.4) is 0 Å². The molecule has 0 radical (unpaired) electrons. The Morgan fingerprint density at radius 2 is 0.950 bits per heavy atom. The molecule has 0 bridgehead atoms. The summed E-state index contributed by atoms with van der Waals surface area (Å²) in [7, 11) is 0. The molecule has 2 aromatic carbocycles. The van der Waals surface area contributed by atoms with Gasteiger partial charge in [0.25, 0.3) is 0 Å². The van der Waals surface area contributed by atoms with Crippen LogP contribution in [0.5, 0.6) is 0 Å². The van der Waals surface area contributed by atoms with Gasteiger partial charge in [-0.2, -0.15) is 0 Å². The van der Waals surface area contributed by atoms with Crippen LogP contribution in [0.15, 0.2) is 58.5 Å². The van der Waals surface area contributed by atoms with Gasteiger partial charge in [0.15, 0.2) is 11.7 Å². The third-order valence-electron chi connectivity index (χ3n) is 2.83. The van der Waals surface area contributed by atoms with Crippen molar-refractivity contribution >= 4 is 23.0 Å². The summed E-state index contributed by atoms with van der Waals surface area (Å²) >= 11 is 0. The van der Waals surface area contributed by atoms with Crippen LogP contribution in [0.4, 0.5) is 11.4 Å². The van der Waals surface area contributed by atoms with Gasteiger partial charge >= 0.3 is 0 Å².